The van der Waals surface area contributed by atoms with Crippen molar-refractivity contribution in [3.05, 3.63) is 60.4 Å². The van der Waals surface area contributed by atoms with Gasteiger partial charge in [0.15, 0.2) is 0 Å². The van der Waals surface area contributed by atoms with Crippen molar-refractivity contribution in [1.29, 1.82) is 0 Å². The van der Waals surface area contributed by atoms with Crippen LogP contribution in [0.4, 0.5) is 0 Å². The Kier molecular flexibility index (Phi) is 6.46. The summed E-state index contributed by atoms with van der Waals surface area (Å²) in [6.07, 6.45) is 10.4. The number of aliphatic hydroxyl groups is 1. The molecule has 1 atom stereocenters. The number of benzene rings is 1. The fourth-order valence-electron chi connectivity index (χ4n) is 3.94. The van der Waals surface area contributed by atoms with E-state index in [1.807, 2.05) is 48.5 Å². The van der Waals surface area contributed by atoms with E-state index in [-0.39, 0.29) is 0 Å². The molecule has 0 radical (unpaired) electrons. The van der Waals surface area contributed by atoms with Crippen LogP contribution in [0.2, 0.25) is 0 Å². The molecule has 1 aromatic heterocycles. The zero-order valence-corrected chi connectivity index (χ0v) is 14.9. The molecule has 1 aromatic carbocycles. The highest BCUT2D eigenvalue weighted by Gasteiger charge is 2.39. The predicted octanol–water partition coefficient (Wildman–Crippen LogP) is 5.10. The van der Waals surface area contributed by atoms with Gasteiger partial charge >= 0.3 is 0 Å². The molecule has 1 aliphatic rings. The summed E-state index contributed by atoms with van der Waals surface area (Å²) in [5, 5.41) is 11.5. The monoisotopic (exact) mass is 339 g/mol. The fraction of sp³-hybridized carbons (Fsp3) is 0.500. The molecular formula is C22H29NO2. The molecule has 0 bridgehead atoms. The maximum absolute atomic E-state index is 11.5. The second kappa shape index (κ2) is 9.00. The molecule has 1 unspecified atom stereocenters. The molecule has 1 heterocycles. The van der Waals surface area contributed by atoms with Crippen LogP contribution in [0.25, 0.3) is 0 Å². The lowest BCUT2D eigenvalue weighted by Gasteiger charge is -2.38. The van der Waals surface area contributed by atoms with E-state index in [4.69, 9.17) is 4.74 Å². The van der Waals surface area contributed by atoms with Gasteiger partial charge in [0.25, 0.3) is 0 Å². The maximum Gasteiger partial charge on any atom is 0.119 e. The van der Waals surface area contributed by atoms with Crippen molar-refractivity contribution >= 4 is 0 Å². The second-order valence-corrected chi connectivity index (χ2v) is 7.09. The van der Waals surface area contributed by atoms with Crippen molar-refractivity contribution in [1.82, 2.24) is 4.98 Å². The minimum absolute atomic E-state index is 0.325. The molecule has 25 heavy (non-hydrogen) atoms. The van der Waals surface area contributed by atoms with E-state index >= 15 is 0 Å². The third kappa shape index (κ3) is 4.82. The summed E-state index contributed by atoms with van der Waals surface area (Å²) in [6.45, 7) is 0.687. The van der Waals surface area contributed by atoms with Crippen LogP contribution in [0.15, 0.2) is 54.7 Å². The standard InChI is InChI=1S/C22H29NO2/c24-22(19-11-3-1-4-12-19,21-15-7-9-17-23-21)16-8-10-18-25-20-13-5-2-6-14-20/h2,5-7,9,13-15,17,19,24H,1,3-4,8,10-12,16,18H2. The van der Waals surface area contributed by atoms with Crippen molar-refractivity contribution < 1.29 is 9.84 Å². The first-order valence-electron chi connectivity index (χ1n) is 9.61. The lowest BCUT2D eigenvalue weighted by atomic mass is 9.72. The van der Waals surface area contributed by atoms with Crippen LogP contribution < -0.4 is 4.74 Å². The van der Waals surface area contributed by atoms with Gasteiger partial charge in [-0.05, 0) is 62.3 Å². The van der Waals surface area contributed by atoms with E-state index in [9.17, 15) is 5.11 Å². The summed E-state index contributed by atoms with van der Waals surface area (Å²) in [7, 11) is 0. The van der Waals surface area contributed by atoms with Gasteiger partial charge in [0, 0.05) is 6.20 Å². The van der Waals surface area contributed by atoms with Crippen molar-refractivity contribution in [3.63, 3.8) is 0 Å². The highest BCUT2D eigenvalue weighted by Crippen LogP contribution is 2.41. The maximum atomic E-state index is 11.5. The zero-order chi connectivity index (χ0) is 17.4. The van der Waals surface area contributed by atoms with Crippen LogP contribution in [0, 0.1) is 5.92 Å². The third-order valence-corrected chi connectivity index (χ3v) is 5.35. The number of rotatable bonds is 8. The van der Waals surface area contributed by atoms with Crippen LogP contribution in [-0.4, -0.2) is 16.7 Å². The normalized spacial score (nSPS) is 17.8. The first kappa shape index (κ1) is 17.9. The topological polar surface area (TPSA) is 42.4 Å². The molecule has 0 amide bonds. The molecule has 3 nitrogen and oxygen atoms in total. The van der Waals surface area contributed by atoms with Gasteiger partial charge in [-0.3, -0.25) is 4.98 Å². The van der Waals surface area contributed by atoms with E-state index in [1.54, 1.807) is 6.20 Å². The third-order valence-electron chi connectivity index (χ3n) is 5.35. The first-order valence-corrected chi connectivity index (χ1v) is 9.61. The van der Waals surface area contributed by atoms with E-state index in [0.29, 0.717) is 12.5 Å². The molecule has 134 valence electrons. The van der Waals surface area contributed by atoms with E-state index in [0.717, 1.165) is 43.5 Å². The molecule has 0 saturated heterocycles. The number of hydrogen-bond acceptors (Lipinski definition) is 3. The highest BCUT2D eigenvalue weighted by molar-refractivity contribution is 5.20. The number of aromatic nitrogens is 1. The number of nitrogens with zero attached hydrogens (tertiary/aromatic N) is 1. The van der Waals surface area contributed by atoms with Crippen LogP contribution in [-0.2, 0) is 5.60 Å². The Labute approximate surface area is 151 Å². The highest BCUT2D eigenvalue weighted by atomic mass is 16.5. The number of unbranched alkanes of at least 4 members (excludes halogenated alkanes) is 1. The Bertz CT molecular complexity index is 610. The van der Waals surface area contributed by atoms with Gasteiger partial charge in [-0.1, -0.05) is 43.5 Å². The summed E-state index contributed by atoms with van der Waals surface area (Å²) in [4.78, 5) is 4.49. The molecule has 3 heteroatoms. The van der Waals surface area contributed by atoms with Crippen molar-refractivity contribution in [2.24, 2.45) is 5.92 Å². The Balaban J connectivity index is 1.56. The van der Waals surface area contributed by atoms with E-state index in [2.05, 4.69) is 4.98 Å². The van der Waals surface area contributed by atoms with Crippen LogP contribution >= 0.6 is 0 Å². The summed E-state index contributed by atoms with van der Waals surface area (Å²) < 4.78 is 5.77. The van der Waals surface area contributed by atoms with E-state index < -0.39 is 5.60 Å². The second-order valence-electron chi connectivity index (χ2n) is 7.09. The summed E-state index contributed by atoms with van der Waals surface area (Å²) in [5.41, 5.74) is 0.0416. The summed E-state index contributed by atoms with van der Waals surface area (Å²) in [5.74, 6) is 1.24. The molecule has 1 N–H and O–H groups in total. The zero-order valence-electron chi connectivity index (χ0n) is 14.9. The Hall–Kier alpha value is -1.87. The molecule has 3 rings (SSSR count). The van der Waals surface area contributed by atoms with Gasteiger partial charge in [0.05, 0.1) is 12.3 Å². The van der Waals surface area contributed by atoms with Gasteiger partial charge in [-0.15, -0.1) is 0 Å². The van der Waals surface area contributed by atoms with Gasteiger partial charge in [-0.2, -0.15) is 0 Å². The van der Waals surface area contributed by atoms with Gasteiger partial charge in [0.1, 0.15) is 11.4 Å². The smallest absolute Gasteiger partial charge is 0.119 e. The lowest BCUT2D eigenvalue weighted by Crippen LogP contribution is -2.37. The number of hydrogen-bond donors (Lipinski definition) is 1. The lowest BCUT2D eigenvalue weighted by molar-refractivity contribution is -0.0519. The Morgan fingerprint density at radius 2 is 1.72 bits per heavy atom. The van der Waals surface area contributed by atoms with Crippen molar-refractivity contribution in [2.75, 3.05) is 6.61 Å². The van der Waals surface area contributed by atoms with E-state index in [1.165, 1.54) is 19.3 Å². The number of ether oxygens (including phenoxy) is 1. The Morgan fingerprint density at radius 3 is 2.44 bits per heavy atom. The fourth-order valence-corrected chi connectivity index (χ4v) is 3.94. The number of pyridine rings is 1. The number of para-hydroxylation sites is 1. The van der Waals surface area contributed by atoms with Gasteiger partial charge in [-0.25, -0.2) is 0 Å². The SMILES string of the molecule is OC(CCCCOc1ccccc1)(c1ccccn1)C1CCCCC1. The predicted molar refractivity (Wildman–Crippen MR) is 100 cm³/mol. The average Bonchev–Trinajstić information content (AvgIpc) is 2.70. The van der Waals surface area contributed by atoms with Crippen LogP contribution in [0.1, 0.15) is 57.1 Å². The molecule has 1 saturated carbocycles. The molecule has 1 fully saturated rings. The summed E-state index contributed by atoms with van der Waals surface area (Å²) >= 11 is 0. The molecule has 0 spiro atoms. The Morgan fingerprint density at radius 1 is 0.960 bits per heavy atom. The van der Waals surface area contributed by atoms with Crippen LogP contribution in [0.3, 0.4) is 0 Å². The molecular weight excluding hydrogens is 310 g/mol. The minimum Gasteiger partial charge on any atom is -0.494 e. The molecule has 2 aromatic rings. The van der Waals surface area contributed by atoms with Crippen LogP contribution in [0.5, 0.6) is 5.75 Å². The van der Waals surface area contributed by atoms with Gasteiger partial charge < -0.3 is 9.84 Å². The first-order chi connectivity index (χ1) is 12.3. The molecule has 1 aliphatic carbocycles. The van der Waals surface area contributed by atoms with Crippen molar-refractivity contribution in [2.45, 2.75) is 57.0 Å². The van der Waals surface area contributed by atoms with Crippen molar-refractivity contribution in [3.8, 4) is 5.75 Å². The molecule has 0 aliphatic heterocycles. The minimum atomic E-state index is -0.797. The van der Waals surface area contributed by atoms with Gasteiger partial charge in [0.2, 0.25) is 0 Å². The largest absolute Gasteiger partial charge is 0.494 e. The average molecular weight is 339 g/mol. The summed E-state index contributed by atoms with van der Waals surface area (Å²) in [6, 6.07) is 15.8. The quantitative estimate of drug-likeness (QED) is 0.680.